The number of rotatable bonds is 3. The van der Waals surface area contributed by atoms with Gasteiger partial charge in [0.2, 0.25) is 0 Å². The van der Waals surface area contributed by atoms with Gasteiger partial charge in [0, 0.05) is 12.1 Å². The molecule has 0 unspecified atom stereocenters. The third-order valence-corrected chi connectivity index (χ3v) is 2.25. The van der Waals surface area contributed by atoms with E-state index < -0.39 is 11.2 Å². The van der Waals surface area contributed by atoms with Gasteiger partial charge in [0.1, 0.15) is 12.0 Å². The van der Waals surface area contributed by atoms with Gasteiger partial charge >= 0.3 is 0 Å². The molecule has 1 rings (SSSR count). The van der Waals surface area contributed by atoms with Crippen LogP contribution in [0.2, 0.25) is 0 Å². The zero-order valence-electron chi connectivity index (χ0n) is 7.84. The molecule has 14 heavy (non-hydrogen) atoms. The fourth-order valence-corrected chi connectivity index (χ4v) is 1.77. The number of non-ortho nitro benzene ring substituents is 1. The quantitative estimate of drug-likeness (QED) is 0.456. The molecule has 0 radical (unpaired) electrons. The molecule has 6 heteroatoms. The number of nitro groups is 1. The average molecular weight is 231 g/mol. The summed E-state index contributed by atoms with van der Waals surface area (Å²) in [5.74, 6) is 0.587. The van der Waals surface area contributed by atoms with Crippen LogP contribution in [0.3, 0.4) is 0 Å². The first kappa shape index (κ1) is 11.1. The topological polar surface area (TPSA) is 52.4 Å². The minimum Gasteiger partial charge on any atom is -0.467 e. The maximum absolute atomic E-state index is 10.3. The highest BCUT2D eigenvalue weighted by molar-refractivity contribution is 8.11. The van der Waals surface area contributed by atoms with E-state index in [9.17, 15) is 10.1 Å². The van der Waals surface area contributed by atoms with E-state index in [1.807, 2.05) is 13.3 Å². The van der Waals surface area contributed by atoms with E-state index in [-0.39, 0.29) is 5.69 Å². The van der Waals surface area contributed by atoms with Crippen LogP contribution in [0.25, 0.3) is 0 Å². The molecule has 0 saturated carbocycles. The smallest absolute Gasteiger partial charge is 0.269 e. The summed E-state index contributed by atoms with van der Waals surface area (Å²) in [6, 6.07) is 5.93. The Labute approximate surface area is 87.1 Å². The third kappa shape index (κ3) is 3.44. The summed E-state index contributed by atoms with van der Waals surface area (Å²) >= 11 is 5.11. The van der Waals surface area contributed by atoms with Crippen LogP contribution >= 0.6 is 6.26 Å². The molecule has 1 aromatic carbocycles. The molecule has 0 saturated heterocycles. The van der Waals surface area contributed by atoms with Crippen LogP contribution in [0, 0.1) is 10.1 Å². The van der Waals surface area contributed by atoms with Crippen molar-refractivity contribution in [2.24, 2.45) is 0 Å². The first-order chi connectivity index (χ1) is 6.38. The van der Waals surface area contributed by atoms with E-state index in [0.29, 0.717) is 5.75 Å². The molecule has 0 bridgehead atoms. The SMILES string of the molecule is CP(C)(=S)Oc1ccc([N+](=O)[O-])cc1. The number of hydrogen-bond acceptors (Lipinski definition) is 4. The molecule has 0 spiro atoms. The number of benzene rings is 1. The third-order valence-electron chi connectivity index (χ3n) is 1.37. The van der Waals surface area contributed by atoms with Crippen LogP contribution in [0.15, 0.2) is 24.3 Å². The summed E-state index contributed by atoms with van der Waals surface area (Å²) in [6.07, 6.45) is -1.76. The average Bonchev–Trinajstić information content (AvgIpc) is 2.02. The molecule has 0 fully saturated rings. The lowest BCUT2D eigenvalue weighted by atomic mass is 10.3. The molecule has 76 valence electrons. The minimum absolute atomic E-state index is 0.0536. The second-order valence-corrected chi connectivity index (χ2v) is 8.42. The fraction of sp³-hybridized carbons (Fsp3) is 0.250. The Bertz CT molecular complexity index is 384. The molecular formula is C8H10NO3PS. The molecule has 4 nitrogen and oxygen atoms in total. The van der Waals surface area contributed by atoms with Crippen LogP contribution < -0.4 is 4.52 Å². The maximum atomic E-state index is 10.3. The van der Waals surface area contributed by atoms with Crippen molar-refractivity contribution in [1.29, 1.82) is 0 Å². The fourth-order valence-electron chi connectivity index (χ4n) is 0.883. The van der Waals surface area contributed by atoms with Crippen LogP contribution in [-0.2, 0) is 11.8 Å². The molecule has 0 heterocycles. The van der Waals surface area contributed by atoms with Crippen molar-refractivity contribution in [2.75, 3.05) is 13.3 Å². The summed E-state index contributed by atoms with van der Waals surface area (Å²) in [5, 5.41) is 10.3. The molecule has 0 atom stereocenters. The zero-order valence-corrected chi connectivity index (χ0v) is 9.55. The lowest BCUT2D eigenvalue weighted by molar-refractivity contribution is -0.384. The van der Waals surface area contributed by atoms with Crippen molar-refractivity contribution in [3.8, 4) is 5.75 Å². The first-order valence-corrected chi connectivity index (χ1v) is 7.49. The largest absolute Gasteiger partial charge is 0.467 e. The summed E-state index contributed by atoms with van der Waals surface area (Å²) < 4.78 is 5.44. The van der Waals surface area contributed by atoms with Gasteiger partial charge in [0.05, 0.1) is 4.92 Å². The summed E-state index contributed by atoms with van der Waals surface area (Å²) in [7, 11) is 0. The van der Waals surface area contributed by atoms with E-state index in [1.165, 1.54) is 12.1 Å². The standard InChI is InChI=1S/C8H10NO3PS/c1-13(2,14)12-8-5-3-7(4-6-8)9(10)11/h3-6H,1-2H3. The highest BCUT2D eigenvalue weighted by Crippen LogP contribution is 2.39. The first-order valence-electron chi connectivity index (χ1n) is 3.87. The van der Waals surface area contributed by atoms with Gasteiger partial charge in [-0.05, 0) is 25.5 Å². The Morgan fingerprint density at radius 3 is 2.21 bits per heavy atom. The summed E-state index contributed by atoms with van der Waals surface area (Å²) in [4.78, 5) is 9.90. The molecule has 1 aromatic rings. The monoisotopic (exact) mass is 231 g/mol. The maximum Gasteiger partial charge on any atom is 0.269 e. The summed E-state index contributed by atoms with van der Waals surface area (Å²) in [5.41, 5.74) is 0.0536. The predicted molar refractivity (Wildman–Crippen MR) is 59.9 cm³/mol. The summed E-state index contributed by atoms with van der Waals surface area (Å²) in [6.45, 7) is 3.70. The highest BCUT2D eigenvalue weighted by Gasteiger charge is 2.07. The number of nitro benzene ring substituents is 1. The zero-order chi connectivity index (χ0) is 10.8. The molecule has 0 aliphatic rings. The molecule has 0 aliphatic heterocycles. The van der Waals surface area contributed by atoms with Gasteiger partial charge in [-0.25, -0.2) is 0 Å². The number of hydrogen-bond donors (Lipinski definition) is 0. The van der Waals surface area contributed by atoms with Crippen molar-refractivity contribution in [1.82, 2.24) is 0 Å². The van der Waals surface area contributed by atoms with Gasteiger partial charge in [-0.15, -0.1) is 0 Å². The Balaban J connectivity index is 2.84. The van der Waals surface area contributed by atoms with Crippen LogP contribution in [0.1, 0.15) is 0 Å². The van der Waals surface area contributed by atoms with Gasteiger partial charge in [0.25, 0.3) is 5.69 Å². The Kier molecular flexibility index (Phi) is 3.24. The molecule has 0 N–H and O–H groups in total. The Morgan fingerprint density at radius 1 is 1.36 bits per heavy atom. The van der Waals surface area contributed by atoms with Gasteiger partial charge in [0.15, 0.2) is 0 Å². The van der Waals surface area contributed by atoms with Gasteiger partial charge in [-0.2, -0.15) is 0 Å². The van der Waals surface area contributed by atoms with Crippen LogP contribution in [0.4, 0.5) is 5.69 Å². The van der Waals surface area contributed by atoms with Gasteiger partial charge in [-0.1, -0.05) is 11.8 Å². The van der Waals surface area contributed by atoms with E-state index in [4.69, 9.17) is 16.3 Å². The van der Waals surface area contributed by atoms with E-state index in [0.717, 1.165) is 0 Å². The Hall–Kier alpha value is -0.930. The lowest BCUT2D eigenvalue weighted by Crippen LogP contribution is -1.90. The van der Waals surface area contributed by atoms with Gasteiger partial charge < -0.3 is 4.52 Å². The minimum atomic E-state index is -1.76. The van der Waals surface area contributed by atoms with Crippen molar-refractivity contribution in [3.63, 3.8) is 0 Å². The Morgan fingerprint density at radius 2 is 1.86 bits per heavy atom. The van der Waals surface area contributed by atoms with Crippen molar-refractivity contribution < 1.29 is 9.45 Å². The van der Waals surface area contributed by atoms with Crippen LogP contribution in [-0.4, -0.2) is 18.3 Å². The van der Waals surface area contributed by atoms with Crippen molar-refractivity contribution in [2.45, 2.75) is 0 Å². The normalized spacial score (nSPS) is 11.0. The molecular weight excluding hydrogens is 221 g/mol. The van der Waals surface area contributed by atoms with Crippen molar-refractivity contribution in [3.05, 3.63) is 34.4 Å². The molecule has 0 aromatic heterocycles. The lowest BCUT2D eigenvalue weighted by Gasteiger charge is -2.12. The van der Waals surface area contributed by atoms with E-state index in [2.05, 4.69) is 0 Å². The predicted octanol–water partition coefficient (Wildman–Crippen LogP) is 2.63. The second kappa shape index (κ2) is 4.07. The van der Waals surface area contributed by atoms with E-state index >= 15 is 0 Å². The highest BCUT2D eigenvalue weighted by atomic mass is 32.4. The number of nitrogens with zero attached hydrogens (tertiary/aromatic N) is 1. The molecule has 0 amide bonds. The van der Waals surface area contributed by atoms with Crippen molar-refractivity contribution >= 4 is 23.8 Å². The van der Waals surface area contributed by atoms with E-state index in [1.54, 1.807) is 12.1 Å². The van der Waals surface area contributed by atoms with Gasteiger partial charge in [-0.3, -0.25) is 10.1 Å². The molecule has 0 aliphatic carbocycles. The van der Waals surface area contributed by atoms with Crippen LogP contribution in [0.5, 0.6) is 5.75 Å². The second-order valence-electron chi connectivity index (χ2n) is 3.09.